The number of rotatable bonds is 4. The number of amides is 1. The molecule has 0 fully saturated rings. The predicted octanol–water partition coefficient (Wildman–Crippen LogP) is 5.24. The summed E-state index contributed by atoms with van der Waals surface area (Å²) >= 11 is 0. The second-order valence-electron chi connectivity index (χ2n) is 7.41. The summed E-state index contributed by atoms with van der Waals surface area (Å²) in [6.45, 7) is 0. The van der Waals surface area contributed by atoms with Gasteiger partial charge in [-0.3, -0.25) is 13.9 Å². The lowest BCUT2D eigenvalue weighted by atomic mass is 10.2. The molecule has 0 aliphatic carbocycles. The number of anilines is 3. The Kier molecular flexibility index (Phi) is 4.77. The Morgan fingerprint density at radius 3 is 2.42 bits per heavy atom. The monoisotopic (exact) mass is 450 g/mol. The van der Waals surface area contributed by atoms with E-state index in [0.717, 1.165) is 17.1 Å². The number of benzene rings is 2. The summed E-state index contributed by atoms with van der Waals surface area (Å²) in [6.07, 6.45) is -3.58. The molecule has 5 aromatic rings. The molecule has 0 aliphatic heterocycles. The van der Waals surface area contributed by atoms with Crippen molar-refractivity contribution in [3.63, 3.8) is 0 Å². The largest absolute Gasteiger partial charge is 0.434 e. The van der Waals surface area contributed by atoms with Gasteiger partial charge in [0.1, 0.15) is 17.2 Å². The van der Waals surface area contributed by atoms with E-state index in [9.17, 15) is 18.0 Å². The van der Waals surface area contributed by atoms with Gasteiger partial charge in [0.15, 0.2) is 5.69 Å². The van der Waals surface area contributed by atoms with Crippen molar-refractivity contribution >= 4 is 39.6 Å². The van der Waals surface area contributed by atoms with Crippen molar-refractivity contribution in [2.75, 3.05) is 10.6 Å². The first-order valence-corrected chi connectivity index (χ1v) is 9.95. The number of carbonyl (C=O) groups is 1. The molecule has 33 heavy (non-hydrogen) atoms. The zero-order valence-corrected chi connectivity index (χ0v) is 17.3. The highest BCUT2D eigenvalue weighted by atomic mass is 19.4. The van der Waals surface area contributed by atoms with Gasteiger partial charge in [-0.25, -0.2) is 4.98 Å². The van der Waals surface area contributed by atoms with E-state index < -0.39 is 11.9 Å². The van der Waals surface area contributed by atoms with Gasteiger partial charge < -0.3 is 10.6 Å². The second kappa shape index (κ2) is 7.66. The summed E-state index contributed by atoms with van der Waals surface area (Å²) in [5.41, 5.74) is 1.59. The molecule has 166 valence electrons. The van der Waals surface area contributed by atoms with Crippen LogP contribution in [-0.4, -0.2) is 25.1 Å². The Morgan fingerprint density at radius 2 is 1.67 bits per heavy atom. The first-order valence-electron chi connectivity index (χ1n) is 9.95. The summed E-state index contributed by atoms with van der Waals surface area (Å²) in [7, 11) is 1.71. The minimum atomic E-state index is -4.53. The summed E-state index contributed by atoms with van der Waals surface area (Å²) < 4.78 is 41.9. The molecule has 5 rings (SSSR count). The average Bonchev–Trinajstić information content (AvgIpc) is 3.36. The van der Waals surface area contributed by atoms with Crippen LogP contribution in [0.5, 0.6) is 0 Å². The lowest BCUT2D eigenvalue weighted by Crippen LogP contribution is -2.16. The fourth-order valence-electron chi connectivity index (χ4n) is 3.64. The molecule has 0 radical (unpaired) electrons. The molecule has 7 nitrogen and oxygen atoms in total. The highest BCUT2D eigenvalue weighted by Gasteiger charge is 2.34. The molecule has 0 saturated heterocycles. The zero-order chi connectivity index (χ0) is 23.2. The van der Waals surface area contributed by atoms with Gasteiger partial charge in [-0.2, -0.15) is 18.3 Å². The molecule has 2 N–H and O–H groups in total. The quantitative estimate of drug-likeness (QED) is 0.393. The van der Waals surface area contributed by atoms with Crippen molar-refractivity contribution in [3.8, 4) is 0 Å². The summed E-state index contributed by atoms with van der Waals surface area (Å²) in [5, 5.41) is 11.0. The molecule has 0 aliphatic rings. The number of aromatic nitrogens is 4. The number of aryl methyl sites for hydroxylation is 1. The third-order valence-electron chi connectivity index (χ3n) is 5.15. The highest BCUT2D eigenvalue weighted by molar-refractivity contribution is 6.11. The van der Waals surface area contributed by atoms with Crippen molar-refractivity contribution < 1.29 is 18.0 Å². The van der Waals surface area contributed by atoms with Gasteiger partial charge in [0.25, 0.3) is 5.91 Å². The molecule has 0 unspecified atom stereocenters. The fourth-order valence-corrected chi connectivity index (χ4v) is 3.64. The van der Waals surface area contributed by atoms with Gasteiger partial charge in [0.05, 0.1) is 5.52 Å². The number of nitrogens with one attached hydrogen (secondary N) is 2. The molecular formula is C23H17F3N6O. The number of alkyl halides is 3. The molecule has 0 saturated carbocycles. The van der Waals surface area contributed by atoms with Crippen LogP contribution < -0.4 is 10.6 Å². The molecule has 10 heteroatoms. The fraction of sp³-hybridized carbons (Fsp3) is 0.0870. The first-order chi connectivity index (χ1) is 15.8. The lowest BCUT2D eigenvalue weighted by Gasteiger charge is -2.10. The maximum Gasteiger partial charge on any atom is 0.434 e. The number of pyridine rings is 1. The summed E-state index contributed by atoms with van der Waals surface area (Å²) in [4.78, 5) is 16.5. The maximum atomic E-state index is 13.0. The van der Waals surface area contributed by atoms with Gasteiger partial charge in [0.2, 0.25) is 0 Å². The topological polar surface area (TPSA) is 76.2 Å². The highest BCUT2D eigenvalue weighted by Crippen LogP contribution is 2.30. The molecule has 0 atom stereocenters. The number of fused-ring (bicyclic) bond motifs is 2. The molecule has 0 bridgehead atoms. The number of halogens is 3. The van der Waals surface area contributed by atoms with Gasteiger partial charge in [0, 0.05) is 30.0 Å². The van der Waals surface area contributed by atoms with Crippen molar-refractivity contribution in [3.05, 3.63) is 84.3 Å². The number of nitrogens with zero attached hydrogens (tertiary/aromatic N) is 4. The van der Waals surface area contributed by atoms with Crippen molar-refractivity contribution in [1.29, 1.82) is 0 Å². The first kappa shape index (κ1) is 20.6. The van der Waals surface area contributed by atoms with Crippen LogP contribution in [0.1, 0.15) is 16.2 Å². The van der Waals surface area contributed by atoms with Crippen LogP contribution >= 0.6 is 0 Å². The van der Waals surface area contributed by atoms with E-state index in [1.165, 1.54) is 15.1 Å². The summed E-state index contributed by atoms with van der Waals surface area (Å²) in [5.74, 6) is 0.128. The van der Waals surface area contributed by atoms with Crippen molar-refractivity contribution in [2.45, 2.75) is 6.18 Å². The van der Waals surface area contributed by atoms with E-state index in [2.05, 4.69) is 20.7 Å². The van der Waals surface area contributed by atoms with Crippen LogP contribution in [0.25, 0.3) is 16.6 Å². The maximum absolute atomic E-state index is 13.0. The van der Waals surface area contributed by atoms with Gasteiger partial charge in [-0.1, -0.05) is 24.3 Å². The van der Waals surface area contributed by atoms with E-state index in [0.29, 0.717) is 22.9 Å². The third-order valence-corrected chi connectivity index (χ3v) is 5.15. The Morgan fingerprint density at radius 1 is 0.939 bits per heavy atom. The van der Waals surface area contributed by atoms with E-state index in [4.69, 9.17) is 0 Å². The Labute approximate surface area is 185 Å². The van der Waals surface area contributed by atoms with E-state index >= 15 is 0 Å². The Bertz CT molecular complexity index is 1480. The second-order valence-corrected chi connectivity index (χ2v) is 7.41. The van der Waals surface area contributed by atoms with Gasteiger partial charge in [-0.15, -0.1) is 0 Å². The number of hydrogen-bond donors (Lipinski definition) is 2. The Hall–Kier alpha value is -4.34. The summed E-state index contributed by atoms with van der Waals surface area (Å²) in [6, 6.07) is 19.0. The van der Waals surface area contributed by atoms with E-state index in [1.54, 1.807) is 43.4 Å². The molecule has 3 aromatic heterocycles. The standard InChI is InChI=1S/C23H17F3N6O/c1-31-21(16-5-2-3-6-17(16)30-31)22(33)28-15-11-9-14(10-12-15)27-19-7-4-8-20-29-18(13-32(19)20)23(24,25)26/h2-13,27H,1H3,(H,28,33). The van der Waals surface area contributed by atoms with Crippen LogP contribution in [0.4, 0.5) is 30.4 Å². The van der Waals surface area contributed by atoms with Crippen LogP contribution in [0.15, 0.2) is 72.9 Å². The molecule has 0 spiro atoms. The zero-order valence-electron chi connectivity index (χ0n) is 17.3. The van der Waals surface area contributed by atoms with Crippen LogP contribution in [0.3, 0.4) is 0 Å². The number of hydrogen-bond acceptors (Lipinski definition) is 4. The SMILES string of the molecule is Cn1nc2ccccc2c1C(=O)Nc1ccc(Nc2cccc3nc(C(F)(F)F)cn23)cc1. The van der Waals surface area contributed by atoms with Crippen molar-refractivity contribution in [1.82, 2.24) is 19.2 Å². The molecule has 2 aromatic carbocycles. The van der Waals surface area contributed by atoms with Crippen molar-refractivity contribution in [2.24, 2.45) is 7.05 Å². The van der Waals surface area contributed by atoms with Crippen LogP contribution in [0, 0.1) is 0 Å². The predicted molar refractivity (Wildman–Crippen MR) is 119 cm³/mol. The molecule has 1 amide bonds. The molecule has 3 heterocycles. The number of carbonyl (C=O) groups excluding carboxylic acids is 1. The van der Waals surface area contributed by atoms with E-state index in [1.807, 2.05) is 24.3 Å². The smallest absolute Gasteiger partial charge is 0.341 e. The van der Waals surface area contributed by atoms with Gasteiger partial charge in [-0.05, 0) is 42.5 Å². The van der Waals surface area contributed by atoms with Crippen LogP contribution in [0.2, 0.25) is 0 Å². The normalized spacial score (nSPS) is 11.8. The van der Waals surface area contributed by atoms with Crippen LogP contribution in [-0.2, 0) is 13.2 Å². The average molecular weight is 450 g/mol. The Balaban J connectivity index is 1.36. The lowest BCUT2D eigenvalue weighted by molar-refractivity contribution is -0.140. The minimum absolute atomic E-state index is 0.180. The molecular weight excluding hydrogens is 433 g/mol. The third kappa shape index (κ3) is 3.86. The minimum Gasteiger partial charge on any atom is -0.341 e. The number of imidazole rings is 1. The van der Waals surface area contributed by atoms with E-state index in [-0.39, 0.29) is 11.6 Å². The van der Waals surface area contributed by atoms with Gasteiger partial charge >= 0.3 is 6.18 Å².